The van der Waals surface area contributed by atoms with E-state index < -0.39 is 0 Å². The predicted octanol–water partition coefficient (Wildman–Crippen LogP) is 1.69. The third-order valence-electron chi connectivity index (χ3n) is 3.64. The second-order valence-electron chi connectivity index (χ2n) is 4.87. The van der Waals surface area contributed by atoms with Gasteiger partial charge in [-0.1, -0.05) is 24.3 Å². The Kier molecular flexibility index (Phi) is 4.01. The number of aromatic nitrogens is 2. The maximum absolute atomic E-state index is 5.91. The minimum atomic E-state index is -0.118. The number of fused-ring (bicyclic) bond motifs is 1. The number of hydrazine groups is 1. The van der Waals surface area contributed by atoms with Crippen LogP contribution >= 0.6 is 0 Å². The zero-order valence-electron chi connectivity index (χ0n) is 11.2. The smallest absolute Gasteiger partial charge is 0.146 e. The summed E-state index contributed by atoms with van der Waals surface area (Å²) in [5, 5.41) is 0. The van der Waals surface area contributed by atoms with Crippen molar-refractivity contribution in [3.63, 3.8) is 0 Å². The molecule has 0 saturated carbocycles. The number of ether oxygens (including phenoxy) is 1. The Morgan fingerprint density at radius 3 is 2.85 bits per heavy atom. The normalized spacial score (nSPS) is 19.4. The molecule has 1 aromatic carbocycles. The van der Waals surface area contributed by atoms with Crippen molar-refractivity contribution in [1.82, 2.24) is 15.4 Å². The zero-order valence-corrected chi connectivity index (χ0v) is 11.2. The van der Waals surface area contributed by atoms with Crippen molar-refractivity contribution < 1.29 is 4.74 Å². The van der Waals surface area contributed by atoms with Gasteiger partial charge in [-0.25, -0.2) is 15.4 Å². The van der Waals surface area contributed by atoms with E-state index in [-0.39, 0.29) is 12.1 Å². The highest BCUT2D eigenvalue weighted by atomic mass is 16.5. The Morgan fingerprint density at radius 1 is 1.25 bits per heavy atom. The molecule has 0 fully saturated rings. The molecule has 0 spiro atoms. The molecule has 3 rings (SSSR count). The summed E-state index contributed by atoms with van der Waals surface area (Å²) < 4.78 is 5.91. The summed E-state index contributed by atoms with van der Waals surface area (Å²) in [4.78, 5) is 8.52. The van der Waals surface area contributed by atoms with Gasteiger partial charge in [0.25, 0.3) is 0 Å². The van der Waals surface area contributed by atoms with Gasteiger partial charge in [0.15, 0.2) is 0 Å². The van der Waals surface area contributed by atoms with E-state index in [9.17, 15) is 0 Å². The molecule has 2 unspecified atom stereocenters. The fourth-order valence-electron chi connectivity index (χ4n) is 2.62. The maximum atomic E-state index is 5.91. The fourth-order valence-corrected chi connectivity index (χ4v) is 2.62. The number of nitrogens with two attached hydrogens (primary N) is 1. The lowest BCUT2D eigenvalue weighted by Crippen LogP contribution is -2.32. The third kappa shape index (κ3) is 2.70. The molecule has 2 heterocycles. The molecule has 20 heavy (non-hydrogen) atoms. The Labute approximate surface area is 118 Å². The number of nitrogens with zero attached hydrogens (tertiary/aromatic N) is 2. The quantitative estimate of drug-likeness (QED) is 0.653. The molecule has 0 bridgehead atoms. The molecule has 1 aliphatic rings. The summed E-state index contributed by atoms with van der Waals surface area (Å²) in [5.41, 5.74) is 5.39. The number of hydrogen-bond acceptors (Lipinski definition) is 5. The average molecular weight is 270 g/mol. The van der Waals surface area contributed by atoms with E-state index in [0.29, 0.717) is 5.82 Å². The van der Waals surface area contributed by atoms with Crippen LogP contribution in [0.4, 0.5) is 0 Å². The van der Waals surface area contributed by atoms with Crippen LogP contribution in [0.25, 0.3) is 0 Å². The van der Waals surface area contributed by atoms with E-state index >= 15 is 0 Å². The molecule has 5 heteroatoms. The first kappa shape index (κ1) is 13.2. The second kappa shape index (κ2) is 6.09. The monoisotopic (exact) mass is 270 g/mol. The van der Waals surface area contributed by atoms with E-state index in [1.807, 2.05) is 6.07 Å². The molecular formula is C15H18N4O. The molecule has 104 valence electrons. The van der Waals surface area contributed by atoms with E-state index in [2.05, 4.69) is 33.6 Å². The van der Waals surface area contributed by atoms with Gasteiger partial charge in [-0.15, -0.1) is 0 Å². The lowest BCUT2D eigenvalue weighted by molar-refractivity contribution is 0.0286. The van der Waals surface area contributed by atoms with Gasteiger partial charge >= 0.3 is 0 Å². The van der Waals surface area contributed by atoms with Crippen LogP contribution in [0.15, 0.2) is 42.7 Å². The highest BCUT2D eigenvalue weighted by molar-refractivity contribution is 5.31. The van der Waals surface area contributed by atoms with Gasteiger partial charge in [0.2, 0.25) is 0 Å². The molecule has 2 aromatic rings. The number of benzene rings is 1. The summed E-state index contributed by atoms with van der Waals surface area (Å²) in [7, 11) is 0. The highest BCUT2D eigenvalue weighted by Crippen LogP contribution is 2.33. The minimum Gasteiger partial charge on any atom is -0.373 e. The van der Waals surface area contributed by atoms with Crippen molar-refractivity contribution in [1.29, 1.82) is 0 Å². The van der Waals surface area contributed by atoms with Crippen molar-refractivity contribution in [2.75, 3.05) is 6.61 Å². The topological polar surface area (TPSA) is 73.1 Å². The van der Waals surface area contributed by atoms with Crippen molar-refractivity contribution in [3.05, 3.63) is 59.7 Å². The summed E-state index contributed by atoms with van der Waals surface area (Å²) in [6.07, 6.45) is 5.17. The van der Waals surface area contributed by atoms with E-state index in [4.69, 9.17) is 10.6 Å². The first-order valence-electron chi connectivity index (χ1n) is 6.81. The number of nitrogens with one attached hydrogen (secondary N) is 1. The van der Waals surface area contributed by atoms with Crippen LogP contribution in [0.3, 0.4) is 0 Å². The van der Waals surface area contributed by atoms with Gasteiger partial charge in [-0.3, -0.25) is 5.84 Å². The summed E-state index contributed by atoms with van der Waals surface area (Å²) in [6, 6.07) is 10.1. The molecule has 0 aliphatic carbocycles. The highest BCUT2D eigenvalue weighted by Gasteiger charge is 2.25. The Hall–Kier alpha value is -1.82. The van der Waals surface area contributed by atoms with E-state index in [0.717, 1.165) is 19.4 Å². The van der Waals surface area contributed by atoms with Crippen molar-refractivity contribution in [2.45, 2.75) is 25.0 Å². The Balaban J connectivity index is 1.81. The SMILES string of the molecule is NNC(CC1OCCc2ccccc21)c1ncccn1. The lowest BCUT2D eigenvalue weighted by atomic mass is 9.93. The molecule has 1 aromatic heterocycles. The van der Waals surface area contributed by atoms with E-state index in [1.54, 1.807) is 18.5 Å². The van der Waals surface area contributed by atoms with Crippen LogP contribution in [0.1, 0.15) is 35.5 Å². The lowest BCUT2D eigenvalue weighted by Gasteiger charge is -2.28. The zero-order chi connectivity index (χ0) is 13.8. The summed E-state index contributed by atoms with van der Waals surface area (Å²) in [6.45, 7) is 0.745. The largest absolute Gasteiger partial charge is 0.373 e. The van der Waals surface area contributed by atoms with Gasteiger partial charge < -0.3 is 4.74 Å². The Bertz CT molecular complexity index is 561. The van der Waals surface area contributed by atoms with Crippen LogP contribution in [0.5, 0.6) is 0 Å². The van der Waals surface area contributed by atoms with Crippen LogP contribution in [0.2, 0.25) is 0 Å². The first-order chi connectivity index (χ1) is 9.88. The minimum absolute atomic E-state index is 0.0322. The average Bonchev–Trinajstić information content (AvgIpc) is 2.53. The van der Waals surface area contributed by atoms with Gasteiger partial charge in [0.1, 0.15) is 5.82 Å². The second-order valence-corrected chi connectivity index (χ2v) is 4.87. The maximum Gasteiger partial charge on any atom is 0.146 e. The van der Waals surface area contributed by atoms with Gasteiger partial charge in [-0.05, 0) is 23.6 Å². The molecule has 3 N–H and O–H groups in total. The van der Waals surface area contributed by atoms with Crippen LogP contribution in [-0.2, 0) is 11.2 Å². The molecular weight excluding hydrogens is 252 g/mol. The molecule has 2 atom stereocenters. The molecule has 0 saturated heterocycles. The third-order valence-corrected chi connectivity index (χ3v) is 3.64. The Morgan fingerprint density at radius 2 is 2.05 bits per heavy atom. The molecule has 5 nitrogen and oxygen atoms in total. The number of hydrogen-bond donors (Lipinski definition) is 2. The van der Waals surface area contributed by atoms with Gasteiger partial charge in [-0.2, -0.15) is 0 Å². The van der Waals surface area contributed by atoms with E-state index in [1.165, 1.54) is 11.1 Å². The summed E-state index contributed by atoms with van der Waals surface area (Å²) in [5.74, 6) is 6.35. The standard InChI is InChI=1S/C15H18N4O/c16-19-13(15-17-7-3-8-18-15)10-14-12-5-2-1-4-11(12)6-9-20-14/h1-5,7-8,13-14,19H,6,9-10,16H2. The van der Waals surface area contributed by atoms with Crippen LogP contribution in [-0.4, -0.2) is 16.6 Å². The molecule has 1 aliphatic heterocycles. The van der Waals surface area contributed by atoms with Gasteiger partial charge in [0, 0.05) is 18.8 Å². The van der Waals surface area contributed by atoms with Crippen molar-refractivity contribution in [2.24, 2.45) is 5.84 Å². The van der Waals surface area contributed by atoms with Crippen LogP contribution in [0, 0.1) is 0 Å². The van der Waals surface area contributed by atoms with Crippen molar-refractivity contribution in [3.8, 4) is 0 Å². The first-order valence-corrected chi connectivity index (χ1v) is 6.81. The molecule has 0 radical (unpaired) electrons. The predicted molar refractivity (Wildman–Crippen MR) is 75.6 cm³/mol. The van der Waals surface area contributed by atoms with Gasteiger partial charge in [0.05, 0.1) is 18.8 Å². The number of rotatable bonds is 4. The van der Waals surface area contributed by atoms with Crippen molar-refractivity contribution >= 4 is 0 Å². The summed E-state index contributed by atoms with van der Waals surface area (Å²) >= 11 is 0. The fraction of sp³-hybridized carbons (Fsp3) is 0.333. The molecule has 0 amide bonds. The van der Waals surface area contributed by atoms with Crippen LogP contribution < -0.4 is 11.3 Å².